The minimum Gasteiger partial charge on any atom is -0.477 e. The second-order valence-electron chi connectivity index (χ2n) is 5.42. The minimum absolute atomic E-state index is 0.0367. The Kier molecular flexibility index (Phi) is 4.32. The topological polar surface area (TPSA) is 79.2 Å². The Bertz CT molecular complexity index is 367. The third-order valence-electron chi connectivity index (χ3n) is 2.63. The maximum absolute atomic E-state index is 11.6. The lowest BCUT2D eigenvalue weighted by atomic mass is 9.82. The largest absolute Gasteiger partial charge is 0.477 e. The van der Waals surface area contributed by atoms with Crippen LogP contribution < -0.4 is 0 Å². The summed E-state index contributed by atoms with van der Waals surface area (Å²) in [6.07, 6.45) is 1.98. The van der Waals surface area contributed by atoms with Gasteiger partial charge < -0.3 is 9.84 Å². The summed E-state index contributed by atoms with van der Waals surface area (Å²) in [6, 6.07) is 0. The molecule has 6 nitrogen and oxygen atoms in total. The molecule has 0 aromatic rings. The molecule has 18 heavy (non-hydrogen) atoms. The number of rotatable bonds is 3. The van der Waals surface area contributed by atoms with E-state index in [0.29, 0.717) is 0 Å². The van der Waals surface area contributed by atoms with E-state index < -0.39 is 17.7 Å². The lowest BCUT2D eigenvalue weighted by Crippen LogP contribution is -2.35. The van der Waals surface area contributed by atoms with Crippen molar-refractivity contribution in [3.63, 3.8) is 0 Å². The Morgan fingerprint density at radius 3 is 2.22 bits per heavy atom. The molecule has 1 rings (SSSR count). The maximum Gasteiger partial charge on any atom is 0.430 e. The predicted octanol–water partition coefficient (Wildman–Crippen LogP) is 2.09. The zero-order valence-electron chi connectivity index (χ0n) is 11.3. The number of carbonyl (C=O) groups excluding carboxylic acids is 1. The summed E-state index contributed by atoms with van der Waals surface area (Å²) in [4.78, 5) is 22.7. The van der Waals surface area contributed by atoms with Crippen molar-refractivity contribution in [2.75, 3.05) is 7.05 Å². The van der Waals surface area contributed by atoms with E-state index in [-0.39, 0.29) is 11.6 Å². The van der Waals surface area contributed by atoms with Crippen LogP contribution in [0.4, 0.5) is 4.79 Å². The van der Waals surface area contributed by atoms with Crippen molar-refractivity contribution in [1.29, 1.82) is 0 Å². The zero-order chi connectivity index (χ0) is 13.9. The molecule has 0 saturated heterocycles. The van der Waals surface area contributed by atoms with E-state index in [1.165, 1.54) is 7.05 Å². The van der Waals surface area contributed by atoms with Crippen molar-refractivity contribution in [2.45, 2.75) is 45.6 Å². The monoisotopic (exact) mass is 256 g/mol. The Labute approximate surface area is 107 Å². The molecule has 0 aromatic carbocycles. The quantitative estimate of drug-likeness (QED) is 0.619. The maximum atomic E-state index is 11.6. The van der Waals surface area contributed by atoms with Crippen LogP contribution in [0, 0.1) is 5.92 Å². The van der Waals surface area contributed by atoms with Crippen molar-refractivity contribution < 1.29 is 19.4 Å². The van der Waals surface area contributed by atoms with E-state index in [1.54, 1.807) is 20.8 Å². The SMILES string of the molecule is CN(N=C(C(=O)O)C1CCC1)C(=O)OC(C)(C)C. The molecule has 0 radical (unpaired) electrons. The second kappa shape index (κ2) is 5.37. The lowest BCUT2D eigenvalue weighted by Gasteiger charge is -2.26. The predicted molar refractivity (Wildman–Crippen MR) is 66.4 cm³/mol. The van der Waals surface area contributed by atoms with Crippen molar-refractivity contribution in [3.05, 3.63) is 0 Å². The van der Waals surface area contributed by atoms with E-state index >= 15 is 0 Å². The highest BCUT2D eigenvalue weighted by Crippen LogP contribution is 2.28. The van der Waals surface area contributed by atoms with Crippen molar-refractivity contribution >= 4 is 17.8 Å². The zero-order valence-corrected chi connectivity index (χ0v) is 11.3. The van der Waals surface area contributed by atoms with Crippen molar-refractivity contribution in [2.24, 2.45) is 11.0 Å². The molecule has 1 amide bonds. The highest BCUT2D eigenvalue weighted by molar-refractivity contribution is 6.36. The molecule has 0 atom stereocenters. The summed E-state index contributed by atoms with van der Waals surface area (Å²) in [5, 5.41) is 13.9. The molecular weight excluding hydrogens is 236 g/mol. The Hall–Kier alpha value is -1.59. The number of carbonyl (C=O) groups is 2. The van der Waals surface area contributed by atoms with Gasteiger partial charge in [0.25, 0.3) is 0 Å². The number of hydrogen-bond acceptors (Lipinski definition) is 4. The second-order valence-corrected chi connectivity index (χ2v) is 5.42. The van der Waals surface area contributed by atoms with Crippen molar-refractivity contribution in [3.8, 4) is 0 Å². The standard InChI is InChI=1S/C12H20N2O4/c1-12(2,3)18-11(17)14(4)13-9(10(15)16)8-6-5-7-8/h8H,5-7H2,1-4H3,(H,15,16). The third kappa shape index (κ3) is 4.01. The van der Waals surface area contributed by atoms with Gasteiger partial charge in [-0.1, -0.05) is 6.42 Å². The number of hydrazone groups is 1. The summed E-state index contributed by atoms with van der Waals surface area (Å²) >= 11 is 0. The lowest BCUT2D eigenvalue weighted by molar-refractivity contribution is -0.129. The fourth-order valence-electron chi connectivity index (χ4n) is 1.51. The number of carboxylic acids is 1. The summed E-state index contributed by atoms with van der Waals surface area (Å²) in [5.41, 5.74) is -0.588. The van der Waals surface area contributed by atoms with Gasteiger partial charge in [0.05, 0.1) is 0 Å². The fraction of sp³-hybridized carbons (Fsp3) is 0.750. The number of aliphatic carboxylic acids is 1. The van der Waals surface area contributed by atoms with E-state index in [2.05, 4.69) is 5.10 Å². The number of hydrogen-bond donors (Lipinski definition) is 1. The number of nitrogens with zero attached hydrogens (tertiary/aromatic N) is 2. The average molecular weight is 256 g/mol. The van der Waals surface area contributed by atoms with Crippen LogP contribution in [0.3, 0.4) is 0 Å². The van der Waals surface area contributed by atoms with Crippen LogP contribution in [-0.4, -0.2) is 40.5 Å². The molecule has 6 heteroatoms. The summed E-state index contributed by atoms with van der Waals surface area (Å²) in [5.74, 6) is -1.12. The Balaban J connectivity index is 2.72. The van der Waals surface area contributed by atoms with E-state index in [0.717, 1.165) is 24.3 Å². The first-order valence-electron chi connectivity index (χ1n) is 5.99. The van der Waals surface area contributed by atoms with Gasteiger partial charge in [-0.05, 0) is 33.6 Å². The summed E-state index contributed by atoms with van der Waals surface area (Å²) in [7, 11) is 1.40. The molecule has 0 bridgehead atoms. The number of ether oxygens (including phenoxy) is 1. The molecule has 0 aromatic heterocycles. The van der Waals surface area contributed by atoms with E-state index in [9.17, 15) is 9.59 Å². The van der Waals surface area contributed by atoms with Crippen LogP contribution in [0.15, 0.2) is 5.10 Å². The Morgan fingerprint density at radius 1 is 1.33 bits per heavy atom. The van der Waals surface area contributed by atoms with Gasteiger partial charge in [-0.25, -0.2) is 14.6 Å². The first kappa shape index (κ1) is 14.5. The highest BCUT2D eigenvalue weighted by Gasteiger charge is 2.30. The van der Waals surface area contributed by atoms with Gasteiger partial charge >= 0.3 is 12.1 Å². The molecular formula is C12H20N2O4. The molecule has 1 N–H and O–H groups in total. The molecule has 0 unspecified atom stereocenters. The van der Waals surface area contributed by atoms with Gasteiger partial charge in [0, 0.05) is 13.0 Å². The van der Waals surface area contributed by atoms with Crippen LogP contribution in [-0.2, 0) is 9.53 Å². The van der Waals surface area contributed by atoms with Crippen LogP contribution in [0.5, 0.6) is 0 Å². The van der Waals surface area contributed by atoms with Gasteiger partial charge in [0.1, 0.15) is 11.3 Å². The average Bonchev–Trinajstić information content (AvgIpc) is 2.10. The fourth-order valence-corrected chi connectivity index (χ4v) is 1.51. The highest BCUT2D eigenvalue weighted by atomic mass is 16.6. The van der Waals surface area contributed by atoms with Gasteiger partial charge in [-0.2, -0.15) is 5.10 Å². The van der Waals surface area contributed by atoms with E-state index in [1.807, 2.05) is 0 Å². The molecule has 1 aliphatic carbocycles. The van der Waals surface area contributed by atoms with Gasteiger partial charge in [0.2, 0.25) is 0 Å². The normalized spacial score (nSPS) is 17.0. The van der Waals surface area contributed by atoms with Gasteiger partial charge in [0.15, 0.2) is 0 Å². The first-order chi connectivity index (χ1) is 8.20. The molecule has 1 fully saturated rings. The molecule has 0 aliphatic heterocycles. The number of amides is 1. The smallest absolute Gasteiger partial charge is 0.430 e. The van der Waals surface area contributed by atoms with Crippen LogP contribution >= 0.6 is 0 Å². The van der Waals surface area contributed by atoms with E-state index in [4.69, 9.17) is 9.84 Å². The Morgan fingerprint density at radius 2 is 1.89 bits per heavy atom. The molecule has 1 saturated carbocycles. The molecule has 1 aliphatic rings. The minimum atomic E-state index is -1.07. The van der Waals surface area contributed by atoms with Crippen LogP contribution in [0.2, 0.25) is 0 Å². The molecule has 0 heterocycles. The van der Waals surface area contributed by atoms with Crippen molar-refractivity contribution in [1.82, 2.24) is 5.01 Å². The third-order valence-corrected chi connectivity index (χ3v) is 2.63. The van der Waals surface area contributed by atoms with Crippen LogP contribution in [0.25, 0.3) is 0 Å². The summed E-state index contributed by atoms with van der Waals surface area (Å²) < 4.78 is 5.10. The van der Waals surface area contributed by atoms with Crippen LogP contribution in [0.1, 0.15) is 40.0 Å². The van der Waals surface area contributed by atoms with Gasteiger partial charge in [-0.3, -0.25) is 0 Å². The molecule has 0 spiro atoms. The summed E-state index contributed by atoms with van der Waals surface area (Å²) in [6.45, 7) is 5.23. The van der Waals surface area contributed by atoms with Gasteiger partial charge in [-0.15, -0.1) is 0 Å². The number of carboxylic acid groups (broad SMARTS) is 1. The molecule has 102 valence electrons. The first-order valence-corrected chi connectivity index (χ1v) is 5.99.